The molecular weight excluding hydrogens is 494 g/mol. The molecule has 1 aliphatic rings. The first-order chi connectivity index (χ1) is 15.5. The molecule has 9 heteroatoms. The van der Waals surface area contributed by atoms with E-state index in [2.05, 4.69) is 42.6 Å². The van der Waals surface area contributed by atoms with Crippen molar-refractivity contribution in [2.45, 2.75) is 10.9 Å². The molecule has 0 radical (unpaired) electrons. The number of furan rings is 1. The predicted octanol–water partition coefficient (Wildman–Crippen LogP) is 3.89. The summed E-state index contributed by atoms with van der Waals surface area (Å²) in [5.41, 5.74) is 1.15. The van der Waals surface area contributed by atoms with E-state index in [1.165, 1.54) is 0 Å². The SMILES string of the molecule is COc1ccc(N2CCN(C(CNS(=O)(=O)c3ccccc3Br)c3ccco3)CC2)cc1. The van der Waals surface area contributed by atoms with Gasteiger partial charge in [0.05, 0.1) is 24.3 Å². The number of hydrogen-bond acceptors (Lipinski definition) is 6. The molecular formula is C23H26BrN3O4S. The van der Waals surface area contributed by atoms with Crippen LogP contribution in [0.3, 0.4) is 0 Å². The highest BCUT2D eigenvalue weighted by Gasteiger charge is 2.29. The Kier molecular flexibility index (Phi) is 7.20. The summed E-state index contributed by atoms with van der Waals surface area (Å²) in [5.74, 6) is 1.58. The fraction of sp³-hybridized carbons (Fsp3) is 0.304. The smallest absolute Gasteiger partial charge is 0.241 e. The summed E-state index contributed by atoms with van der Waals surface area (Å²) in [4.78, 5) is 4.81. The van der Waals surface area contributed by atoms with Crippen molar-refractivity contribution >= 4 is 31.6 Å². The van der Waals surface area contributed by atoms with Gasteiger partial charge in [0.25, 0.3) is 0 Å². The Balaban J connectivity index is 1.44. The molecule has 1 fully saturated rings. The van der Waals surface area contributed by atoms with E-state index in [1.54, 1.807) is 37.6 Å². The summed E-state index contributed by atoms with van der Waals surface area (Å²) in [6.45, 7) is 3.46. The standard InChI is InChI=1S/C23H26BrN3O4S/c1-30-19-10-8-18(9-11-19)26-12-14-27(15-13-26)21(22-6-4-16-31-22)17-25-32(28,29)23-7-3-2-5-20(23)24/h2-11,16,21,25H,12-15,17H2,1H3. The van der Waals surface area contributed by atoms with Gasteiger partial charge in [-0.2, -0.15) is 0 Å². The van der Waals surface area contributed by atoms with E-state index in [0.717, 1.165) is 43.4 Å². The van der Waals surface area contributed by atoms with Gasteiger partial charge in [0.15, 0.2) is 0 Å². The molecule has 1 atom stereocenters. The van der Waals surface area contributed by atoms with Gasteiger partial charge in [-0.1, -0.05) is 12.1 Å². The zero-order valence-corrected chi connectivity index (χ0v) is 20.2. The first-order valence-electron chi connectivity index (χ1n) is 10.4. The van der Waals surface area contributed by atoms with Crippen LogP contribution in [0.4, 0.5) is 5.69 Å². The van der Waals surface area contributed by atoms with Gasteiger partial charge >= 0.3 is 0 Å². The number of anilines is 1. The van der Waals surface area contributed by atoms with Crippen LogP contribution in [0, 0.1) is 0 Å². The van der Waals surface area contributed by atoms with Gasteiger partial charge in [-0.25, -0.2) is 13.1 Å². The van der Waals surface area contributed by atoms with Crippen LogP contribution >= 0.6 is 15.9 Å². The van der Waals surface area contributed by atoms with Gasteiger partial charge in [-0.05, 0) is 64.5 Å². The Morgan fingerprint density at radius 1 is 1.03 bits per heavy atom. The van der Waals surface area contributed by atoms with Gasteiger partial charge in [0.2, 0.25) is 10.0 Å². The van der Waals surface area contributed by atoms with Gasteiger partial charge in [0.1, 0.15) is 11.5 Å². The molecule has 2 aromatic carbocycles. The maximum Gasteiger partial charge on any atom is 0.241 e. The first-order valence-corrected chi connectivity index (χ1v) is 12.7. The van der Waals surface area contributed by atoms with Gasteiger partial charge in [-0.15, -0.1) is 0 Å². The predicted molar refractivity (Wildman–Crippen MR) is 128 cm³/mol. The molecule has 4 rings (SSSR count). The fourth-order valence-electron chi connectivity index (χ4n) is 3.90. The molecule has 3 aromatic rings. The lowest BCUT2D eigenvalue weighted by Crippen LogP contribution is -2.49. The lowest BCUT2D eigenvalue weighted by Gasteiger charge is -2.39. The maximum absolute atomic E-state index is 12.9. The normalized spacial score (nSPS) is 16.1. The van der Waals surface area contributed by atoms with Gasteiger partial charge < -0.3 is 14.1 Å². The Hall–Kier alpha value is -2.33. The van der Waals surface area contributed by atoms with Crippen molar-refractivity contribution in [1.82, 2.24) is 9.62 Å². The minimum absolute atomic E-state index is 0.194. The number of benzene rings is 2. The average Bonchev–Trinajstić information content (AvgIpc) is 3.34. The van der Waals surface area contributed by atoms with Crippen LogP contribution in [0.25, 0.3) is 0 Å². The largest absolute Gasteiger partial charge is 0.497 e. The number of ether oxygens (including phenoxy) is 1. The Labute approximate surface area is 197 Å². The molecule has 0 saturated carbocycles. The van der Waals surface area contributed by atoms with E-state index in [1.807, 2.05) is 24.3 Å². The number of methoxy groups -OCH3 is 1. The topological polar surface area (TPSA) is 75.0 Å². The number of nitrogens with zero attached hydrogens (tertiary/aromatic N) is 2. The monoisotopic (exact) mass is 519 g/mol. The minimum atomic E-state index is -3.66. The summed E-state index contributed by atoms with van der Waals surface area (Å²) in [6, 6.07) is 18.4. The number of nitrogens with one attached hydrogen (secondary N) is 1. The van der Waals surface area contributed by atoms with Crippen molar-refractivity contribution in [3.05, 3.63) is 77.2 Å². The number of rotatable bonds is 8. The molecule has 0 bridgehead atoms. The summed E-state index contributed by atoms with van der Waals surface area (Å²) >= 11 is 3.33. The van der Waals surface area contributed by atoms with Crippen LogP contribution in [0.15, 0.2) is 80.7 Å². The Bertz CT molecular complexity index is 1110. The summed E-state index contributed by atoms with van der Waals surface area (Å²) in [5, 5.41) is 0. The van der Waals surface area contributed by atoms with Crippen LogP contribution in [0.2, 0.25) is 0 Å². The second-order valence-corrected chi connectivity index (χ2v) is 10.1. The van der Waals surface area contributed by atoms with E-state index in [-0.39, 0.29) is 17.5 Å². The lowest BCUT2D eigenvalue weighted by molar-refractivity contribution is 0.166. The number of sulfonamides is 1. The van der Waals surface area contributed by atoms with Gasteiger partial charge in [-0.3, -0.25) is 4.90 Å². The van der Waals surface area contributed by atoms with Gasteiger partial charge in [0, 0.05) is 42.9 Å². The molecule has 0 aliphatic carbocycles. The molecule has 2 heterocycles. The quantitative estimate of drug-likeness (QED) is 0.486. The Morgan fingerprint density at radius 3 is 2.38 bits per heavy atom. The Morgan fingerprint density at radius 2 is 1.75 bits per heavy atom. The second kappa shape index (κ2) is 10.1. The van der Waals surface area contributed by atoms with E-state index >= 15 is 0 Å². The molecule has 0 spiro atoms. The zero-order valence-electron chi connectivity index (χ0n) is 17.8. The van der Waals surface area contributed by atoms with Crippen molar-refractivity contribution in [1.29, 1.82) is 0 Å². The van der Waals surface area contributed by atoms with Crippen molar-refractivity contribution in [3.63, 3.8) is 0 Å². The third-order valence-corrected chi connectivity index (χ3v) is 8.09. The van der Waals surface area contributed by atoms with Crippen LogP contribution < -0.4 is 14.4 Å². The van der Waals surface area contributed by atoms with E-state index < -0.39 is 10.0 Å². The third-order valence-electron chi connectivity index (χ3n) is 5.66. The molecule has 1 saturated heterocycles. The first kappa shape index (κ1) is 22.8. The number of hydrogen-bond donors (Lipinski definition) is 1. The summed E-state index contributed by atoms with van der Waals surface area (Å²) in [6.07, 6.45) is 1.62. The number of halogens is 1. The minimum Gasteiger partial charge on any atom is -0.497 e. The highest BCUT2D eigenvalue weighted by atomic mass is 79.9. The van der Waals surface area contributed by atoms with Crippen LogP contribution in [-0.2, 0) is 10.0 Å². The molecule has 1 N–H and O–H groups in total. The molecule has 1 aromatic heterocycles. The molecule has 1 aliphatic heterocycles. The highest BCUT2D eigenvalue weighted by molar-refractivity contribution is 9.10. The second-order valence-electron chi connectivity index (χ2n) is 7.53. The third kappa shape index (κ3) is 5.17. The molecule has 7 nitrogen and oxygen atoms in total. The lowest BCUT2D eigenvalue weighted by atomic mass is 10.1. The van der Waals surface area contributed by atoms with Crippen molar-refractivity contribution in [2.75, 3.05) is 44.7 Å². The summed E-state index contributed by atoms with van der Waals surface area (Å²) < 4.78 is 40.0. The van der Waals surface area contributed by atoms with E-state index in [0.29, 0.717) is 4.47 Å². The van der Waals surface area contributed by atoms with Crippen molar-refractivity contribution < 1.29 is 17.6 Å². The van der Waals surface area contributed by atoms with Crippen LogP contribution in [0.5, 0.6) is 5.75 Å². The fourth-order valence-corrected chi connectivity index (χ4v) is 5.94. The van der Waals surface area contributed by atoms with E-state index in [4.69, 9.17) is 9.15 Å². The van der Waals surface area contributed by atoms with Crippen LogP contribution in [-0.4, -0.2) is 53.2 Å². The zero-order chi connectivity index (χ0) is 22.6. The average molecular weight is 520 g/mol. The van der Waals surface area contributed by atoms with Crippen molar-refractivity contribution in [3.8, 4) is 5.75 Å². The number of piperazine rings is 1. The molecule has 170 valence electrons. The molecule has 32 heavy (non-hydrogen) atoms. The van der Waals surface area contributed by atoms with Crippen LogP contribution in [0.1, 0.15) is 11.8 Å². The van der Waals surface area contributed by atoms with E-state index in [9.17, 15) is 8.42 Å². The molecule has 0 amide bonds. The molecule has 1 unspecified atom stereocenters. The maximum atomic E-state index is 12.9. The van der Waals surface area contributed by atoms with Crippen molar-refractivity contribution in [2.24, 2.45) is 0 Å². The summed E-state index contributed by atoms with van der Waals surface area (Å²) in [7, 11) is -2.00. The highest BCUT2D eigenvalue weighted by Crippen LogP contribution is 2.27.